The Balaban J connectivity index is 1.75. The lowest BCUT2D eigenvalue weighted by molar-refractivity contribution is 0.0949. The van der Waals surface area contributed by atoms with Crippen LogP contribution in [0.15, 0.2) is 0 Å². The number of nitrogens with two attached hydrogens (primary N) is 1. The van der Waals surface area contributed by atoms with Crippen molar-refractivity contribution in [3.05, 3.63) is 11.3 Å². The van der Waals surface area contributed by atoms with Gasteiger partial charge in [0.25, 0.3) is 5.91 Å². The average Bonchev–Trinajstić information content (AvgIpc) is 2.71. The van der Waals surface area contributed by atoms with Gasteiger partial charge in [-0.2, -0.15) is 5.10 Å². The number of nitrogens with zero attached hydrogens (tertiary/aromatic N) is 2. The molecule has 6 nitrogen and oxygen atoms in total. The summed E-state index contributed by atoms with van der Waals surface area (Å²) in [4.78, 5) is 14.3. The molecule has 1 aromatic rings. The van der Waals surface area contributed by atoms with E-state index >= 15 is 0 Å². The summed E-state index contributed by atoms with van der Waals surface area (Å²) < 4.78 is 0. The Hall–Kier alpha value is -1.56. The summed E-state index contributed by atoms with van der Waals surface area (Å²) >= 11 is 0. The number of aryl methyl sites for hydroxylation is 1. The Bertz CT molecular complexity index is 415. The number of nitrogens with one attached hydrogen (secondary N) is 2. The van der Waals surface area contributed by atoms with Gasteiger partial charge in [0.15, 0.2) is 5.82 Å². The molecule has 4 N–H and O–H groups in total. The minimum absolute atomic E-state index is 0.128. The molecule has 1 amide bonds. The maximum absolute atomic E-state index is 12.0. The Labute approximate surface area is 113 Å². The van der Waals surface area contributed by atoms with Crippen molar-refractivity contribution >= 4 is 11.7 Å². The number of carbonyl (C=O) groups excluding carboxylic acids is 1. The van der Waals surface area contributed by atoms with Crippen molar-refractivity contribution in [3.8, 4) is 0 Å². The normalized spacial score (nSPS) is 17.6. The van der Waals surface area contributed by atoms with Gasteiger partial charge in [0.1, 0.15) is 5.56 Å². The maximum atomic E-state index is 12.0. The molecule has 1 aliphatic heterocycles. The molecule has 0 atom stereocenters. The highest BCUT2D eigenvalue weighted by atomic mass is 16.1. The van der Waals surface area contributed by atoms with Crippen LogP contribution >= 0.6 is 0 Å². The summed E-state index contributed by atoms with van der Waals surface area (Å²) in [5, 5.41) is 9.48. The van der Waals surface area contributed by atoms with Crippen LogP contribution in [0.3, 0.4) is 0 Å². The van der Waals surface area contributed by atoms with E-state index in [0.29, 0.717) is 17.8 Å². The predicted molar refractivity (Wildman–Crippen MR) is 74.9 cm³/mol. The van der Waals surface area contributed by atoms with E-state index in [1.807, 2.05) is 0 Å². The zero-order chi connectivity index (χ0) is 13.8. The summed E-state index contributed by atoms with van der Waals surface area (Å²) in [5.74, 6) is 0.866. The van der Waals surface area contributed by atoms with Gasteiger partial charge >= 0.3 is 0 Å². The summed E-state index contributed by atoms with van der Waals surface area (Å²) in [6.45, 7) is 4.82. The highest BCUT2D eigenvalue weighted by Gasteiger charge is 2.18. The summed E-state index contributed by atoms with van der Waals surface area (Å²) in [6.07, 6.45) is 3.48. The van der Waals surface area contributed by atoms with E-state index in [2.05, 4.69) is 27.5 Å². The second-order valence-corrected chi connectivity index (χ2v) is 5.40. The molecular formula is C13H23N5O. The smallest absolute Gasteiger partial charge is 0.256 e. The molecule has 0 saturated carbocycles. The number of piperidine rings is 1. The van der Waals surface area contributed by atoms with Gasteiger partial charge in [0.2, 0.25) is 0 Å². The predicted octanol–water partition coefficient (Wildman–Crippen LogP) is 0.762. The Kier molecular flexibility index (Phi) is 4.42. The second kappa shape index (κ2) is 6.06. The Morgan fingerprint density at radius 3 is 2.79 bits per heavy atom. The highest BCUT2D eigenvalue weighted by molar-refractivity contribution is 5.99. The minimum Gasteiger partial charge on any atom is -0.382 e. The standard InChI is InChI=1S/C13H23N5O/c1-9-11(12(14)17-16-9)13(19)15-6-3-10-4-7-18(2)8-5-10/h10H,3-8H2,1-2H3,(H,15,19)(H3,14,16,17). The van der Waals surface area contributed by atoms with E-state index in [1.54, 1.807) is 6.92 Å². The van der Waals surface area contributed by atoms with Crippen LogP contribution in [0.5, 0.6) is 0 Å². The van der Waals surface area contributed by atoms with Crippen molar-refractivity contribution in [1.29, 1.82) is 0 Å². The molecule has 0 radical (unpaired) electrons. The van der Waals surface area contributed by atoms with E-state index in [-0.39, 0.29) is 11.7 Å². The van der Waals surface area contributed by atoms with Crippen molar-refractivity contribution in [2.45, 2.75) is 26.2 Å². The minimum atomic E-state index is -0.128. The van der Waals surface area contributed by atoms with Crippen molar-refractivity contribution in [2.75, 3.05) is 32.4 Å². The number of amides is 1. The first-order valence-electron chi connectivity index (χ1n) is 6.85. The molecule has 1 fully saturated rings. The van der Waals surface area contributed by atoms with Crippen LogP contribution in [0, 0.1) is 12.8 Å². The first kappa shape index (κ1) is 13.9. The van der Waals surface area contributed by atoms with Crippen LogP contribution in [0.4, 0.5) is 5.82 Å². The van der Waals surface area contributed by atoms with Crippen LogP contribution in [0.1, 0.15) is 35.3 Å². The first-order chi connectivity index (χ1) is 9.08. The van der Waals surface area contributed by atoms with E-state index in [4.69, 9.17) is 5.73 Å². The molecule has 0 bridgehead atoms. The van der Waals surface area contributed by atoms with E-state index in [1.165, 1.54) is 12.8 Å². The summed E-state index contributed by atoms with van der Waals surface area (Å²) in [6, 6.07) is 0. The number of carbonyl (C=O) groups is 1. The van der Waals surface area contributed by atoms with Gasteiger partial charge in [-0.05, 0) is 52.2 Å². The zero-order valence-electron chi connectivity index (χ0n) is 11.7. The maximum Gasteiger partial charge on any atom is 0.256 e. The molecule has 0 unspecified atom stereocenters. The molecule has 1 aromatic heterocycles. The molecule has 1 aliphatic rings. The van der Waals surface area contributed by atoms with Crippen molar-refractivity contribution in [1.82, 2.24) is 20.4 Å². The van der Waals surface area contributed by atoms with Crippen LogP contribution in [0.2, 0.25) is 0 Å². The van der Waals surface area contributed by atoms with Gasteiger partial charge in [-0.1, -0.05) is 0 Å². The fourth-order valence-corrected chi connectivity index (χ4v) is 2.56. The molecule has 6 heteroatoms. The van der Waals surface area contributed by atoms with Crippen molar-refractivity contribution in [2.24, 2.45) is 5.92 Å². The average molecular weight is 265 g/mol. The number of aromatic amines is 1. The molecule has 19 heavy (non-hydrogen) atoms. The van der Waals surface area contributed by atoms with Gasteiger partial charge in [-0.3, -0.25) is 9.89 Å². The Morgan fingerprint density at radius 2 is 2.21 bits per heavy atom. The van der Waals surface area contributed by atoms with Gasteiger partial charge in [0, 0.05) is 12.2 Å². The lowest BCUT2D eigenvalue weighted by atomic mass is 9.94. The second-order valence-electron chi connectivity index (χ2n) is 5.40. The van der Waals surface area contributed by atoms with E-state index in [0.717, 1.165) is 25.4 Å². The number of rotatable bonds is 4. The molecule has 0 spiro atoms. The third kappa shape index (κ3) is 3.47. The van der Waals surface area contributed by atoms with Crippen LogP contribution in [-0.2, 0) is 0 Å². The van der Waals surface area contributed by atoms with Gasteiger partial charge in [-0.25, -0.2) is 0 Å². The number of hydrogen-bond donors (Lipinski definition) is 3. The fraction of sp³-hybridized carbons (Fsp3) is 0.692. The number of likely N-dealkylation sites (tertiary alicyclic amines) is 1. The molecule has 2 heterocycles. The van der Waals surface area contributed by atoms with Crippen LogP contribution < -0.4 is 11.1 Å². The highest BCUT2D eigenvalue weighted by Crippen LogP contribution is 2.19. The SMILES string of the molecule is Cc1[nH]nc(N)c1C(=O)NCCC1CCN(C)CC1. The third-order valence-electron chi connectivity index (χ3n) is 3.88. The van der Waals surface area contributed by atoms with Gasteiger partial charge in [0.05, 0.1) is 0 Å². The van der Waals surface area contributed by atoms with E-state index < -0.39 is 0 Å². The number of anilines is 1. The molecule has 2 rings (SSSR count). The molecule has 106 valence electrons. The monoisotopic (exact) mass is 265 g/mol. The number of aromatic nitrogens is 2. The lowest BCUT2D eigenvalue weighted by Crippen LogP contribution is -2.33. The van der Waals surface area contributed by atoms with Crippen molar-refractivity contribution < 1.29 is 4.79 Å². The largest absolute Gasteiger partial charge is 0.382 e. The third-order valence-corrected chi connectivity index (χ3v) is 3.88. The Morgan fingerprint density at radius 1 is 1.53 bits per heavy atom. The molecule has 0 aromatic carbocycles. The quantitative estimate of drug-likeness (QED) is 0.750. The van der Waals surface area contributed by atoms with Crippen LogP contribution in [0.25, 0.3) is 0 Å². The number of nitrogen functional groups attached to an aromatic ring is 1. The number of hydrogen-bond acceptors (Lipinski definition) is 4. The topological polar surface area (TPSA) is 87.0 Å². The molecular weight excluding hydrogens is 242 g/mol. The zero-order valence-corrected chi connectivity index (χ0v) is 11.7. The van der Waals surface area contributed by atoms with Crippen LogP contribution in [-0.4, -0.2) is 47.7 Å². The summed E-state index contributed by atoms with van der Waals surface area (Å²) in [7, 11) is 2.16. The molecule has 1 saturated heterocycles. The van der Waals surface area contributed by atoms with Gasteiger partial charge < -0.3 is 16.0 Å². The van der Waals surface area contributed by atoms with E-state index in [9.17, 15) is 4.79 Å². The molecule has 0 aliphatic carbocycles. The fourth-order valence-electron chi connectivity index (χ4n) is 2.56. The summed E-state index contributed by atoms with van der Waals surface area (Å²) in [5.41, 5.74) is 6.86. The number of H-pyrrole nitrogens is 1. The van der Waals surface area contributed by atoms with Gasteiger partial charge in [-0.15, -0.1) is 0 Å². The first-order valence-corrected chi connectivity index (χ1v) is 6.85. The van der Waals surface area contributed by atoms with Crippen molar-refractivity contribution in [3.63, 3.8) is 0 Å². The lowest BCUT2D eigenvalue weighted by Gasteiger charge is -2.28.